The van der Waals surface area contributed by atoms with Gasteiger partial charge in [-0.1, -0.05) is 97.1 Å². The zero-order chi connectivity index (χ0) is 34.2. The Labute approximate surface area is 299 Å². The van der Waals surface area contributed by atoms with Crippen molar-refractivity contribution < 1.29 is 0 Å². The van der Waals surface area contributed by atoms with E-state index in [1.165, 1.54) is 21.5 Å². The predicted molar refractivity (Wildman–Crippen MR) is 216 cm³/mol. The van der Waals surface area contributed by atoms with Crippen molar-refractivity contribution >= 4 is 90.2 Å². The van der Waals surface area contributed by atoms with E-state index in [9.17, 15) is 0 Å². The third-order valence-corrected chi connectivity index (χ3v) is 10.4. The molecule has 6 heteroatoms. The van der Waals surface area contributed by atoms with Crippen molar-refractivity contribution in [3.05, 3.63) is 158 Å². The number of anilines is 4. The van der Waals surface area contributed by atoms with E-state index < -0.39 is 0 Å². The highest BCUT2D eigenvalue weighted by atomic mass is 15.2. The van der Waals surface area contributed by atoms with Crippen LogP contribution in [0.1, 0.15) is 0 Å². The molecular formula is C46H28N6. The molecule has 0 fully saturated rings. The average molecular weight is 665 g/mol. The monoisotopic (exact) mass is 664 g/mol. The summed E-state index contributed by atoms with van der Waals surface area (Å²) in [6.45, 7) is 0. The average Bonchev–Trinajstić information content (AvgIpc) is 3.21. The summed E-state index contributed by atoms with van der Waals surface area (Å²) in [6.07, 6.45) is 7.41. The first-order valence-electron chi connectivity index (χ1n) is 17.4. The summed E-state index contributed by atoms with van der Waals surface area (Å²) in [5, 5.41) is 6.96. The van der Waals surface area contributed by atoms with E-state index in [0.717, 1.165) is 78.2 Å². The Morgan fingerprint density at radius 1 is 0.385 bits per heavy atom. The number of aromatic nitrogens is 2. The number of hydrogen-bond donors (Lipinski definition) is 0. The molecule has 8 aromatic carbocycles. The van der Waals surface area contributed by atoms with Gasteiger partial charge < -0.3 is 9.80 Å². The zero-order valence-corrected chi connectivity index (χ0v) is 27.8. The van der Waals surface area contributed by atoms with Crippen LogP contribution < -0.4 is 9.80 Å². The molecule has 0 saturated carbocycles. The van der Waals surface area contributed by atoms with Gasteiger partial charge in [-0.25, -0.2) is 9.98 Å². The molecule has 0 unspecified atom stereocenters. The summed E-state index contributed by atoms with van der Waals surface area (Å²) in [6, 6.07) is 51.4. The zero-order valence-electron chi connectivity index (χ0n) is 27.8. The summed E-state index contributed by atoms with van der Waals surface area (Å²) in [4.78, 5) is 23.9. The van der Waals surface area contributed by atoms with Gasteiger partial charge in [0.1, 0.15) is 12.7 Å². The highest BCUT2D eigenvalue weighted by Crippen LogP contribution is 2.45. The third kappa shape index (κ3) is 4.25. The van der Waals surface area contributed by atoms with E-state index in [2.05, 4.69) is 155 Å². The van der Waals surface area contributed by atoms with Crippen LogP contribution in [-0.4, -0.2) is 22.6 Å². The molecule has 0 amide bonds. The van der Waals surface area contributed by atoms with Gasteiger partial charge in [0, 0.05) is 45.7 Å². The second-order valence-electron chi connectivity index (χ2n) is 13.2. The predicted octanol–water partition coefficient (Wildman–Crippen LogP) is 12.0. The molecule has 9 aromatic rings. The molecule has 2 aliphatic heterocycles. The van der Waals surface area contributed by atoms with Gasteiger partial charge in [-0.3, -0.25) is 9.97 Å². The Kier molecular flexibility index (Phi) is 6.15. The topological polar surface area (TPSA) is 57.0 Å². The van der Waals surface area contributed by atoms with Crippen LogP contribution in [0, 0.1) is 0 Å². The first-order chi connectivity index (χ1) is 25.8. The molecule has 3 heterocycles. The molecule has 0 spiro atoms. The lowest BCUT2D eigenvalue weighted by molar-refractivity contribution is 1.30. The van der Waals surface area contributed by atoms with Crippen LogP contribution in [0.3, 0.4) is 0 Å². The Hall–Kier alpha value is -7.18. The summed E-state index contributed by atoms with van der Waals surface area (Å²) < 4.78 is 0. The van der Waals surface area contributed by atoms with Crippen LogP contribution in [0.15, 0.2) is 168 Å². The van der Waals surface area contributed by atoms with E-state index in [1.54, 1.807) is 12.4 Å². The molecule has 242 valence electrons. The number of hydrogen-bond acceptors (Lipinski definition) is 6. The van der Waals surface area contributed by atoms with Crippen LogP contribution >= 0.6 is 0 Å². The van der Waals surface area contributed by atoms with Crippen molar-refractivity contribution in [3.63, 3.8) is 0 Å². The minimum Gasteiger partial charge on any atom is -0.300 e. The van der Waals surface area contributed by atoms with Gasteiger partial charge in [0.25, 0.3) is 0 Å². The van der Waals surface area contributed by atoms with Crippen molar-refractivity contribution in [2.24, 2.45) is 9.98 Å². The van der Waals surface area contributed by atoms with Gasteiger partial charge in [-0.05, 0) is 81.2 Å². The van der Waals surface area contributed by atoms with Crippen LogP contribution in [0.4, 0.5) is 34.1 Å². The second kappa shape index (κ2) is 11.2. The number of fused-ring (bicyclic) bond motifs is 2. The lowest BCUT2D eigenvalue weighted by Crippen LogP contribution is -2.16. The van der Waals surface area contributed by atoms with Crippen LogP contribution in [0.25, 0.3) is 65.6 Å². The number of nitrogens with zero attached hydrogens (tertiary/aromatic N) is 6. The lowest BCUT2D eigenvalue weighted by atomic mass is 9.89. The van der Waals surface area contributed by atoms with E-state index in [1.807, 2.05) is 12.7 Å². The highest BCUT2D eigenvalue weighted by molar-refractivity contribution is 6.20. The molecule has 0 radical (unpaired) electrons. The Morgan fingerprint density at radius 3 is 1.25 bits per heavy atom. The minimum atomic E-state index is 0.873. The van der Waals surface area contributed by atoms with Crippen molar-refractivity contribution in [2.75, 3.05) is 9.80 Å². The molecule has 0 atom stereocenters. The van der Waals surface area contributed by atoms with Crippen molar-refractivity contribution in [1.29, 1.82) is 0 Å². The van der Waals surface area contributed by atoms with Gasteiger partial charge in [0.05, 0.1) is 33.8 Å². The molecule has 0 saturated heterocycles. The molecule has 11 rings (SSSR count). The maximum atomic E-state index is 4.97. The number of benzene rings is 8. The third-order valence-electron chi connectivity index (χ3n) is 10.4. The highest BCUT2D eigenvalue weighted by Gasteiger charge is 2.22. The van der Waals surface area contributed by atoms with E-state index in [4.69, 9.17) is 20.0 Å². The van der Waals surface area contributed by atoms with Crippen molar-refractivity contribution in [2.45, 2.75) is 0 Å². The lowest BCUT2D eigenvalue weighted by Gasteiger charge is -2.26. The van der Waals surface area contributed by atoms with Gasteiger partial charge in [-0.2, -0.15) is 0 Å². The summed E-state index contributed by atoms with van der Waals surface area (Å²) >= 11 is 0. The first kappa shape index (κ1) is 28.6. The first-order valence-corrected chi connectivity index (χ1v) is 17.4. The molecule has 0 aliphatic carbocycles. The fraction of sp³-hybridized carbons (Fsp3) is 0. The summed E-state index contributed by atoms with van der Waals surface area (Å²) in [5.41, 5.74) is 12.4. The van der Waals surface area contributed by atoms with Gasteiger partial charge in [0.15, 0.2) is 0 Å². The molecule has 0 N–H and O–H groups in total. The van der Waals surface area contributed by atoms with Gasteiger partial charge in [-0.15, -0.1) is 0 Å². The van der Waals surface area contributed by atoms with Crippen LogP contribution in [0.2, 0.25) is 0 Å². The molecule has 52 heavy (non-hydrogen) atoms. The van der Waals surface area contributed by atoms with Crippen molar-refractivity contribution in [1.82, 2.24) is 9.97 Å². The van der Waals surface area contributed by atoms with Gasteiger partial charge >= 0.3 is 0 Å². The molecule has 2 aliphatic rings. The second-order valence-corrected chi connectivity index (χ2v) is 13.2. The summed E-state index contributed by atoms with van der Waals surface area (Å²) in [5.74, 6) is 0. The van der Waals surface area contributed by atoms with E-state index in [0.29, 0.717) is 0 Å². The molecule has 0 bridgehead atoms. The van der Waals surface area contributed by atoms with Crippen LogP contribution in [0.5, 0.6) is 0 Å². The Balaban J connectivity index is 1.01. The molecule has 1 aromatic heterocycles. The Bertz CT molecular complexity index is 2690. The largest absolute Gasteiger partial charge is 0.300 e. The summed E-state index contributed by atoms with van der Waals surface area (Å²) in [7, 11) is 0. The van der Waals surface area contributed by atoms with Crippen LogP contribution in [-0.2, 0) is 0 Å². The SMILES string of the molecule is C1=Nc2cccc3cccc(c23)N1c1ccc(-c2c3ccccc3c(-c3ccc(N4C=Nc5cccc6cccc4c56)cc3)c3nccnc23)cc1. The number of rotatable bonds is 4. The molecule has 6 nitrogen and oxygen atoms in total. The molecular weight excluding hydrogens is 637 g/mol. The smallest absolute Gasteiger partial charge is 0.100 e. The van der Waals surface area contributed by atoms with E-state index >= 15 is 0 Å². The van der Waals surface area contributed by atoms with Gasteiger partial charge in [0.2, 0.25) is 0 Å². The fourth-order valence-electron chi connectivity index (χ4n) is 8.04. The standard InChI is InChI=1S/C46H28N6/c1-2-12-36-35(11-1)41(31-17-21-33(22-18-31)51-27-49-37-13-3-7-29-9-5-15-39(51)43(29)37)45-46(48-26-25-47-45)42(36)32-19-23-34(24-20-32)52-28-50-38-14-4-8-30-10-6-16-40(52)44(30)38/h1-28H. The maximum absolute atomic E-state index is 4.97. The maximum Gasteiger partial charge on any atom is 0.100 e. The number of aliphatic imine (C=N–C) groups is 2. The Morgan fingerprint density at radius 2 is 0.808 bits per heavy atom. The minimum absolute atomic E-state index is 0.873. The van der Waals surface area contributed by atoms with Crippen molar-refractivity contribution in [3.8, 4) is 22.3 Å². The van der Waals surface area contributed by atoms with E-state index in [-0.39, 0.29) is 0 Å². The normalized spacial score (nSPS) is 13.2. The quantitative estimate of drug-likeness (QED) is 0.176. The fourth-order valence-corrected chi connectivity index (χ4v) is 8.04.